The molecule has 4 nitrogen and oxygen atoms in total. The Hall–Kier alpha value is -1.49. The Bertz CT molecular complexity index is 461. The summed E-state index contributed by atoms with van der Waals surface area (Å²) in [6.45, 7) is 2.97. The number of hydrogen-bond acceptors (Lipinski definition) is 4. The molecule has 0 N–H and O–H groups in total. The van der Waals surface area contributed by atoms with Crippen LogP contribution in [-0.2, 0) is 6.54 Å². The van der Waals surface area contributed by atoms with Crippen molar-refractivity contribution in [1.29, 1.82) is 0 Å². The Balaban J connectivity index is 2.35. The van der Waals surface area contributed by atoms with Crippen molar-refractivity contribution < 1.29 is 4.79 Å². The molecular weight excluding hydrogens is 210 g/mol. The topological polar surface area (TPSA) is 47.8 Å². The maximum Gasteiger partial charge on any atom is 0.161 e. The van der Waals surface area contributed by atoms with E-state index in [4.69, 9.17) is 0 Å². The molecule has 0 aliphatic carbocycles. The minimum Gasteiger partial charge on any atom is -0.297 e. The molecule has 0 fully saturated rings. The van der Waals surface area contributed by atoms with Gasteiger partial charge in [0.05, 0.1) is 10.6 Å². The van der Waals surface area contributed by atoms with Crippen molar-refractivity contribution in [2.45, 2.75) is 19.9 Å². The van der Waals surface area contributed by atoms with E-state index < -0.39 is 0 Å². The van der Waals surface area contributed by atoms with Gasteiger partial charge in [-0.15, -0.1) is 11.3 Å². The summed E-state index contributed by atoms with van der Waals surface area (Å²) in [6.07, 6.45) is 5.20. The van der Waals surface area contributed by atoms with Crippen LogP contribution in [0.15, 0.2) is 18.5 Å². The summed E-state index contributed by atoms with van der Waals surface area (Å²) in [4.78, 5) is 15.4. The molecule has 0 spiro atoms. The van der Waals surface area contributed by atoms with Crippen LogP contribution in [0.5, 0.6) is 0 Å². The minimum atomic E-state index is 0.647. The Morgan fingerprint density at radius 2 is 2.47 bits per heavy atom. The molecule has 5 heteroatoms. The number of aryl methyl sites for hydroxylation is 1. The maximum atomic E-state index is 10.5. The van der Waals surface area contributed by atoms with Crippen LogP contribution in [0.1, 0.15) is 23.0 Å². The molecule has 0 atom stereocenters. The number of hydrogen-bond donors (Lipinski definition) is 0. The quantitative estimate of drug-likeness (QED) is 0.744. The van der Waals surface area contributed by atoms with Gasteiger partial charge in [0.25, 0.3) is 0 Å². The summed E-state index contributed by atoms with van der Waals surface area (Å²) in [7, 11) is 0. The van der Waals surface area contributed by atoms with E-state index in [1.807, 2.05) is 10.7 Å². The second-order valence-electron chi connectivity index (χ2n) is 3.13. The highest BCUT2D eigenvalue weighted by Gasteiger charge is 2.08. The first-order valence-electron chi connectivity index (χ1n) is 4.78. The summed E-state index contributed by atoms with van der Waals surface area (Å²) in [6, 6.07) is 1.92. The van der Waals surface area contributed by atoms with Crippen molar-refractivity contribution in [3.63, 3.8) is 0 Å². The first-order chi connectivity index (χ1) is 7.35. The maximum absolute atomic E-state index is 10.5. The molecule has 15 heavy (non-hydrogen) atoms. The number of aromatic nitrogens is 3. The van der Waals surface area contributed by atoms with E-state index in [1.165, 1.54) is 11.3 Å². The van der Waals surface area contributed by atoms with Crippen molar-refractivity contribution in [3.05, 3.63) is 23.3 Å². The Labute approximate surface area is 91.6 Å². The van der Waals surface area contributed by atoms with E-state index >= 15 is 0 Å². The predicted octanol–water partition coefficient (Wildman–Crippen LogP) is 2.23. The lowest BCUT2D eigenvalue weighted by molar-refractivity contribution is 0.112. The van der Waals surface area contributed by atoms with Gasteiger partial charge in [-0.1, -0.05) is 6.92 Å². The van der Waals surface area contributed by atoms with Gasteiger partial charge < -0.3 is 0 Å². The molecule has 0 unspecified atom stereocenters. The number of nitrogens with zero attached hydrogens (tertiary/aromatic N) is 3. The average molecular weight is 221 g/mol. The van der Waals surface area contributed by atoms with Crippen LogP contribution < -0.4 is 0 Å². The average Bonchev–Trinajstić information content (AvgIpc) is 2.85. The van der Waals surface area contributed by atoms with Crippen LogP contribution in [0.4, 0.5) is 0 Å². The highest BCUT2D eigenvalue weighted by Crippen LogP contribution is 2.23. The lowest BCUT2D eigenvalue weighted by Crippen LogP contribution is -2.00. The van der Waals surface area contributed by atoms with Crippen LogP contribution in [-0.4, -0.2) is 21.1 Å². The van der Waals surface area contributed by atoms with E-state index in [2.05, 4.69) is 17.0 Å². The van der Waals surface area contributed by atoms with Gasteiger partial charge >= 0.3 is 0 Å². The molecule has 0 aliphatic heterocycles. The predicted molar refractivity (Wildman–Crippen MR) is 59.0 cm³/mol. The zero-order valence-electron chi connectivity index (χ0n) is 8.38. The standard InChI is InChI=1S/C10H11N3OS/c1-2-5-13-9(3-4-12-13)10-11-6-8(7-14)15-10/h3-4,6-7H,2,5H2,1H3. The van der Waals surface area contributed by atoms with Crippen molar-refractivity contribution >= 4 is 17.6 Å². The van der Waals surface area contributed by atoms with E-state index in [9.17, 15) is 4.79 Å². The van der Waals surface area contributed by atoms with Crippen LogP contribution >= 0.6 is 11.3 Å². The number of aldehydes is 1. The lowest BCUT2D eigenvalue weighted by atomic mass is 10.4. The fraction of sp³-hybridized carbons (Fsp3) is 0.300. The second kappa shape index (κ2) is 4.35. The fourth-order valence-electron chi connectivity index (χ4n) is 1.36. The van der Waals surface area contributed by atoms with E-state index in [1.54, 1.807) is 12.4 Å². The highest BCUT2D eigenvalue weighted by atomic mass is 32.1. The molecule has 2 heterocycles. The first-order valence-corrected chi connectivity index (χ1v) is 5.60. The van der Waals surface area contributed by atoms with Crippen molar-refractivity contribution in [2.75, 3.05) is 0 Å². The Kier molecular flexibility index (Phi) is 2.91. The number of thiazole rings is 1. The van der Waals surface area contributed by atoms with Gasteiger partial charge in [-0.25, -0.2) is 4.98 Å². The molecule has 2 aromatic rings. The van der Waals surface area contributed by atoms with Crippen LogP contribution in [0.3, 0.4) is 0 Å². The molecule has 2 rings (SSSR count). The highest BCUT2D eigenvalue weighted by molar-refractivity contribution is 7.16. The molecule has 0 bridgehead atoms. The molecule has 78 valence electrons. The summed E-state index contributed by atoms with van der Waals surface area (Å²) in [5.74, 6) is 0. The van der Waals surface area contributed by atoms with Crippen LogP contribution in [0, 0.1) is 0 Å². The molecule has 2 aromatic heterocycles. The normalized spacial score (nSPS) is 10.5. The van der Waals surface area contributed by atoms with Crippen LogP contribution in [0.2, 0.25) is 0 Å². The molecular formula is C10H11N3OS. The summed E-state index contributed by atoms with van der Waals surface area (Å²) in [5, 5.41) is 5.06. The Morgan fingerprint density at radius 3 is 3.13 bits per heavy atom. The minimum absolute atomic E-state index is 0.647. The SMILES string of the molecule is CCCn1nccc1-c1ncc(C=O)s1. The van der Waals surface area contributed by atoms with Gasteiger partial charge in [0.2, 0.25) is 0 Å². The smallest absolute Gasteiger partial charge is 0.161 e. The molecule has 0 amide bonds. The molecule has 0 saturated carbocycles. The molecule has 0 aromatic carbocycles. The zero-order chi connectivity index (χ0) is 10.7. The van der Waals surface area contributed by atoms with Gasteiger partial charge in [-0.05, 0) is 12.5 Å². The third kappa shape index (κ3) is 1.97. The third-order valence-electron chi connectivity index (χ3n) is 2.01. The van der Waals surface area contributed by atoms with Gasteiger partial charge in [0, 0.05) is 18.9 Å². The van der Waals surface area contributed by atoms with Crippen molar-refractivity contribution in [2.24, 2.45) is 0 Å². The van der Waals surface area contributed by atoms with Crippen LogP contribution in [0.25, 0.3) is 10.7 Å². The van der Waals surface area contributed by atoms with Gasteiger partial charge in [-0.3, -0.25) is 9.48 Å². The van der Waals surface area contributed by atoms with Gasteiger partial charge in [0.1, 0.15) is 5.01 Å². The number of carbonyl (C=O) groups is 1. The Morgan fingerprint density at radius 1 is 1.60 bits per heavy atom. The van der Waals surface area contributed by atoms with Gasteiger partial charge in [-0.2, -0.15) is 5.10 Å². The van der Waals surface area contributed by atoms with E-state index in [-0.39, 0.29) is 0 Å². The van der Waals surface area contributed by atoms with Crippen molar-refractivity contribution in [3.8, 4) is 10.7 Å². The van der Waals surface area contributed by atoms with E-state index in [0.29, 0.717) is 4.88 Å². The largest absolute Gasteiger partial charge is 0.297 e. The molecule has 0 saturated heterocycles. The van der Waals surface area contributed by atoms with E-state index in [0.717, 1.165) is 30.0 Å². The lowest BCUT2D eigenvalue weighted by Gasteiger charge is -2.01. The summed E-state index contributed by atoms with van der Waals surface area (Å²) >= 11 is 1.39. The summed E-state index contributed by atoms with van der Waals surface area (Å²) < 4.78 is 1.91. The second-order valence-corrected chi connectivity index (χ2v) is 4.19. The zero-order valence-corrected chi connectivity index (χ0v) is 9.20. The summed E-state index contributed by atoms with van der Waals surface area (Å²) in [5.41, 5.74) is 0.981. The third-order valence-corrected chi connectivity index (χ3v) is 2.96. The first kappa shape index (κ1) is 10.0. The molecule has 0 aliphatic rings. The molecule has 0 radical (unpaired) electrons. The number of rotatable bonds is 4. The number of carbonyl (C=O) groups excluding carboxylic acids is 1. The van der Waals surface area contributed by atoms with Gasteiger partial charge in [0.15, 0.2) is 6.29 Å². The monoisotopic (exact) mass is 221 g/mol. The van der Waals surface area contributed by atoms with Crippen molar-refractivity contribution in [1.82, 2.24) is 14.8 Å². The fourth-order valence-corrected chi connectivity index (χ4v) is 2.12.